The van der Waals surface area contributed by atoms with Crippen molar-refractivity contribution in [3.63, 3.8) is 0 Å². The molecule has 3 rings (SSSR count). The molecule has 0 spiro atoms. The Hall–Kier alpha value is -2.02. The van der Waals surface area contributed by atoms with Crippen LogP contribution in [-0.4, -0.2) is 38.8 Å². The SMILES string of the molecule is CC(C)(C)c1nc(C(=O)N2CCCC(c3ccnc(N)n3)C2)cs1. The number of anilines is 1. The molecule has 6 nitrogen and oxygen atoms in total. The molecule has 1 aliphatic heterocycles. The molecule has 1 amide bonds. The lowest BCUT2D eigenvalue weighted by molar-refractivity contribution is 0.0700. The van der Waals surface area contributed by atoms with Crippen LogP contribution in [0.25, 0.3) is 0 Å². The van der Waals surface area contributed by atoms with E-state index in [2.05, 4.69) is 35.7 Å². The summed E-state index contributed by atoms with van der Waals surface area (Å²) in [5.74, 6) is 0.493. The molecule has 1 saturated heterocycles. The fraction of sp³-hybridized carbons (Fsp3) is 0.529. The molecule has 0 aromatic carbocycles. The Kier molecular flexibility index (Phi) is 4.54. The van der Waals surface area contributed by atoms with Crippen molar-refractivity contribution in [3.05, 3.63) is 34.0 Å². The summed E-state index contributed by atoms with van der Waals surface area (Å²) in [5.41, 5.74) is 7.11. The second kappa shape index (κ2) is 6.47. The third kappa shape index (κ3) is 3.56. The highest BCUT2D eigenvalue weighted by Crippen LogP contribution is 2.29. The Labute approximate surface area is 146 Å². The third-order valence-corrected chi connectivity index (χ3v) is 5.46. The summed E-state index contributed by atoms with van der Waals surface area (Å²) in [6.07, 6.45) is 3.63. The van der Waals surface area contributed by atoms with E-state index in [1.54, 1.807) is 17.5 Å². The van der Waals surface area contributed by atoms with Crippen LogP contribution in [0.15, 0.2) is 17.6 Å². The van der Waals surface area contributed by atoms with E-state index in [1.165, 1.54) is 0 Å². The van der Waals surface area contributed by atoms with Gasteiger partial charge in [-0.1, -0.05) is 20.8 Å². The van der Waals surface area contributed by atoms with E-state index < -0.39 is 0 Å². The molecule has 24 heavy (non-hydrogen) atoms. The normalized spacial score (nSPS) is 18.6. The van der Waals surface area contributed by atoms with Crippen LogP contribution < -0.4 is 5.73 Å². The second-order valence-corrected chi connectivity index (χ2v) is 8.08. The van der Waals surface area contributed by atoms with Crippen LogP contribution in [0.5, 0.6) is 0 Å². The summed E-state index contributed by atoms with van der Waals surface area (Å²) in [6.45, 7) is 7.74. The summed E-state index contributed by atoms with van der Waals surface area (Å²) in [6, 6.07) is 1.88. The van der Waals surface area contributed by atoms with Crippen molar-refractivity contribution in [2.45, 2.75) is 44.9 Å². The fourth-order valence-corrected chi connectivity index (χ4v) is 3.78. The molecule has 1 fully saturated rings. The lowest BCUT2D eigenvalue weighted by Gasteiger charge is -2.32. The molecule has 1 atom stereocenters. The predicted octanol–water partition coefficient (Wildman–Crippen LogP) is 2.83. The number of piperidine rings is 1. The number of nitrogens with two attached hydrogens (primary N) is 1. The van der Waals surface area contributed by atoms with Crippen molar-refractivity contribution in [1.82, 2.24) is 19.9 Å². The zero-order valence-corrected chi connectivity index (χ0v) is 15.1. The van der Waals surface area contributed by atoms with Crippen molar-refractivity contribution in [1.29, 1.82) is 0 Å². The lowest BCUT2D eigenvalue weighted by Crippen LogP contribution is -2.39. The standard InChI is InChI=1S/C17H23N5OS/c1-17(2,3)15-20-13(10-24-15)14(23)22-8-4-5-11(9-22)12-6-7-19-16(18)21-12/h6-7,10-11H,4-5,8-9H2,1-3H3,(H2,18,19,21). The molecular weight excluding hydrogens is 322 g/mol. The molecule has 1 aliphatic rings. The van der Waals surface area contributed by atoms with Crippen molar-refractivity contribution >= 4 is 23.2 Å². The maximum atomic E-state index is 12.8. The number of nitrogens with zero attached hydrogens (tertiary/aromatic N) is 4. The molecule has 128 valence electrons. The average molecular weight is 345 g/mol. The minimum atomic E-state index is -0.0356. The average Bonchev–Trinajstić information content (AvgIpc) is 3.04. The molecule has 7 heteroatoms. The van der Waals surface area contributed by atoms with Crippen molar-refractivity contribution in [2.24, 2.45) is 0 Å². The van der Waals surface area contributed by atoms with Gasteiger partial charge in [-0.2, -0.15) is 0 Å². The van der Waals surface area contributed by atoms with Crippen LogP contribution in [-0.2, 0) is 5.41 Å². The van der Waals surface area contributed by atoms with Crippen LogP contribution >= 0.6 is 11.3 Å². The number of carbonyl (C=O) groups excluding carboxylic acids is 1. The minimum Gasteiger partial charge on any atom is -0.368 e. The van der Waals surface area contributed by atoms with Gasteiger partial charge in [0.05, 0.1) is 10.7 Å². The van der Waals surface area contributed by atoms with Gasteiger partial charge in [0.25, 0.3) is 5.91 Å². The molecule has 0 bridgehead atoms. The first-order valence-electron chi connectivity index (χ1n) is 8.18. The number of carbonyl (C=O) groups is 1. The summed E-state index contributed by atoms with van der Waals surface area (Å²) < 4.78 is 0. The van der Waals surface area contributed by atoms with E-state index in [-0.39, 0.29) is 23.2 Å². The van der Waals surface area contributed by atoms with E-state index in [1.807, 2.05) is 16.3 Å². The lowest BCUT2D eigenvalue weighted by atomic mass is 9.94. The number of nitrogen functional groups attached to an aromatic ring is 1. The van der Waals surface area contributed by atoms with Crippen molar-refractivity contribution in [3.8, 4) is 0 Å². The van der Waals surface area contributed by atoms with Gasteiger partial charge < -0.3 is 10.6 Å². The fourth-order valence-electron chi connectivity index (χ4n) is 2.90. The largest absolute Gasteiger partial charge is 0.368 e. The van der Waals surface area contributed by atoms with Gasteiger partial charge in [-0.05, 0) is 18.9 Å². The van der Waals surface area contributed by atoms with E-state index in [9.17, 15) is 4.79 Å². The van der Waals surface area contributed by atoms with Gasteiger partial charge in [0.15, 0.2) is 0 Å². The number of hydrogen-bond acceptors (Lipinski definition) is 6. The number of hydrogen-bond donors (Lipinski definition) is 1. The second-order valence-electron chi connectivity index (χ2n) is 7.22. The molecular formula is C17H23N5OS. The predicted molar refractivity (Wildman–Crippen MR) is 95.1 cm³/mol. The highest BCUT2D eigenvalue weighted by Gasteiger charge is 2.28. The van der Waals surface area contributed by atoms with E-state index in [4.69, 9.17) is 5.73 Å². The van der Waals surface area contributed by atoms with Crippen LogP contribution in [0.1, 0.15) is 60.7 Å². The molecule has 0 saturated carbocycles. The first-order valence-corrected chi connectivity index (χ1v) is 9.06. The van der Waals surface area contributed by atoms with Crippen LogP contribution in [0.3, 0.4) is 0 Å². The Morgan fingerprint density at radius 3 is 2.83 bits per heavy atom. The quantitative estimate of drug-likeness (QED) is 0.904. The van der Waals surface area contributed by atoms with Crippen LogP contribution in [0.4, 0.5) is 5.95 Å². The Morgan fingerprint density at radius 1 is 1.38 bits per heavy atom. The first-order chi connectivity index (χ1) is 11.3. The number of aromatic nitrogens is 3. The molecule has 3 heterocycles. The van der Waals surface area contributed by atoms with Gasteiger partial charge in [0, 0.05) is 36.0 Å². The molecule has 0 radical (unpaired) electrons. The number of rotatable bonds is 2. The Bertz CT molecular complexity index is 737. The number of thiazole rings is 1. The zero-order chi connectivity index (χ0) is 17.3. The number of amides is 1. The number of likely N-dealkylation sites (tertiary alicyclic amines) is 1. The topological polar surface area (TPSA) is 85.0 Å². The van der Waals surface area contributed by atoms with Crippen LogP contribution in [0, 0.1) is 0 Å². The minimum absolute atomic E-state index is 0.00785. The van der Waals surface area contributed by atoms with Gasteiger partial charge in [0.1, 0.15) is 5.69 Å². The van der Waals surface area contributed by atoms with Crippen molar-refractivity contribution in [2.75, 3.05) is 18.8 Å². The smallest absolute Gasteiger partial charge is 0.273 e. The molecule has 0 aliphatic carbocycles. The maximum Gasteiger partial charge on any atom is 0.273 e. The maximum absolute atomic E-state index is 12.8. The summed E-state index contributed by atoms with van der Waals surface area (Å²) >= 11 is 1.55. The van der Waals surface area contributed by atoms with Gasteiger partial charge in [0.2, 0.25) is 5.95 Å². The Morgan fingerprint density at radius 2 is 2.17 bits per heavy atom. The highest BCUT2D eigenvalue weighted by molar-refractivity contribution is 7.10. The molecule has 2 N–H and O–H groups in total. The van der Waals surface area contributed by atoms with E-state index in [0.29, 0.717) is 12.2 Å². The van der Waals surface area contributed by atoms with Crippen LogP contribution in [0.2, 0.25) is 0 Å². The van der Waals surface area contributed by atoms with E-state index in [0.717, 1.165) is 30.1 Å². The molecule has 2 aromatic heterocycles. The van der Waals surface area contributed by atoms with Gasteiger partial charge >= 0.3 is 0 Å². The van der Waals surface area contributed by atoms with Gasteiger partial charge in [-0.3, -0.25) is 4.79 Å². The zero-order valence-electron chi connectivity index (χ0n) is 14.3. The summed E-state index contributed by atoms with van der Waals surface area (Å²) in [5, 5.41) is 2.86. The van der Waals surface area contributed by atoms with Gasteiger partial charge in [-0.15, -0.1) is 11.3 Å². The third-order valence-electron chi connectivity index (χ3n) is 4.19. The first kappa shape index (κ1) is 16.8. The van der Waals surface area contributed by atoms with Gasteiger partial charge in [-0.25, -0.2) is 15.0 Å². The monoisotopic (exact) mass is 345 g/mol. The van der Waals surface area contributed by atoms with E-state index >= 15 is 0 Å². The Balaban J connectivity index is 1.74. The highest BCUT2D eigenvalue weighted by atomic mass is 32.1. The summed E-state index contributed by atoms with van der Waals surface area (Å²) in [4.78, 5) is 27.5. The molecule has 2 aromatic rings. The summed E-state index contributed by atoms with van der Waals surface area (Å²) in [7, 11) is 0. The molecule has 1 unspecified atom stereocenters. The van der Waals surface area contributed by atoms with Crippen molar-refractivity contribution < 1.29 is 4.79 Å².